The number of nitrogens with two attached hydrogens (primary N) is 1. The standard InChI is InChI=1S/C21H45NO3S/c1-6-13-20(2,3)14-7-10-17-25-18-11-8-15-21(4,5)16-9-12-19-26(22,23)24/h6-19H2,1-5H3,(H2,22,23,24). The minimum Gasteiger partial charge on any atom is -0.381 e. The van der Waals surface area contributed by atoms with Gasteiger partial charge in [0.2, 0.25) is 10.0 Å². The van der Waals surface area contributed by atoms with Gasteiger partial charge in [0.15, 0.2) is 0 Å². The third-order valence-corrected chi connectivity index (χ3v) is 6.10. The zero-order chi connectivity index (χ0) is 20.1. The largest absolute Gasteiger partial charge is 0.381 e. The Morgan fingerprint density at radius 3 is 1.58 bits per heavy atom. The zero-order valence-electron chi connectivity index (χ0n) is 18.1. The van der Waals surface area contributed by atoms with Crippen LogP contribution in [-0.2, 0) is 14.8 Å². The molecule has 0 saturated carbocycles. The summed E-state index contributed by atoms with van der Waals surface area (Å²) in [5, 5.41) is 5.04. The Hall–Kier alpha value is -0.130. The van der Waals surface area contributed by atoms with Gasteiger partial charge in [0.05, 0.1) is 5.75 Å². The van der Waals surface area contributed by atoms with Crippen LogP contribution in [-0.4, -0.2) is 27.4 Å². The molecule has 158 valence electrons. The van der Waals surface area contributed by atoms with E-state index in [1.165, 1.54) is 38.5 Å². The number of hydrogen-bond donors (Lipinski definition) is 1. The fourth-order valence-electron chi connectivity index (χ4n) is 3.55. The zero-order valence-corrected chi connectivity index (χ0v) is 18.9. The van der Waals surface area contributed by atoms with E-state index in [4.69, 9.17) is 9.88 Å². The molecule has 2 N–H and O–H groups in total. The minimum atomic E-state index is -3.30. The molecule has 0 aromatic carbocycles. The number of rotatable bonds is 17. The molecule has 0 atom stereocenters. The highest BCUT2D eigenvalue weighted by Gasteiger charge is 2.17. The van der Waals surface area contributed by atoms with Crippen molar-refractivity contribution in [3.8, 4) is 0 Å². The second kappa shape index (κ2) is 13.1. The summed E-state index contributed by atoms with van der Waals surface area (Å²) in [4.78, 5) is 0. The van der Waals surface area contributed by atoms with Gasteiger partial charge in [-0.25, -0.2) is 13.6 Å². The van der Waals surface area contributed by atoms with Crippen molar-refractivity contribution >= 4 is 10.0 Å². The first-order valence-corrected chi connectivity index (χ1v) is 12.3. The van der Waals surface area contributed by atoms with Gasteiger partial charge in [-0.3, -0.25) is 0 Å². The number of primary sulfonamides is 1. The lowest BCUT2D eigenvalue weighted by atomic mass is 9.82. The van der Waals surface area contributed by atoms with Crippen molar-refractivity contribution in [1.29, 1.82) is 0 Å². The molecule has 0 aliphatic rings. The van der Waals surface area contributed by atoms with E-state index in [0.29, 0.717) is 11.8 Å². The minimum absolute atomic E-state index is 0.104. The fraction of sp³-hybridized carbons (Fsp3) is 1.00. The highest BCUT2D eigenvalue weighted by atomic mass is 32.2. The summed E-state index contributed by atoms with van der Waals surface area (Å²) in [6.45, 7) is 13.3. The number of unbranched alkanes of at least 4 members (excludes halogenated alkanes) is 3. The summed E-state index contributed by atoms with van der Waals surface area (Å²) in [5.41, 5.74) is 0.748. The van der Waals surface area contributed by atoms with E-state index >= 15 is 0 Å². The maximum Gasteiger partial charge on any atom is 0.209 e. The van der Waals surface area contributed by atoms with E-state index < -0.39 is 10.0 Å². The average Bonchev–Trinajstić information content (AvgIpc) is 2.49. The van der Waals surface area contributed by atoms with Crippen molar-refractivity contribution in [1.82, 2.24) is 0 Å². The van der Waals surface area contributed by atoms with E-state index in [1.807, 2.05) is 0 Å². The van der Waals surface area contributed by atoms with Crippen LogP contribution in [0.2, 0.25) is 0 Å². The molecule has 0 aromatic heterocycles. The third-order valence-electron chi connectivity index (χ3n) is 5.24. The Labute approximate surface area is 163 Å². The predicted molar refractivity (Wildman–Crippen MR) is 113 cm³/mol. The van der Waals surface area contributed by atoms with Gasteiger partial charge in [0, 0.05) is 13.2 Å². The summed E-state index contributed by atoms with van der Waals surface area (Å²) in [7, 11) is -3.30. The molecule has 0 amide bonds. The first kappa shape index (κ1) is 25.9. The average molecular weight is 392 g/mol. The van der Waals surface area contributed by atoms with Crippen molar-refractivity contribution in [3.63, 3.8) is 0 Å². The van der Waals surface area contributed by atoms with Crippen LogP contribution in [0.1, 0.15) is 105 Å². The maximum atomic E-state index is 10.9. The molecule has 4 nitrogen and oxygen atoms in total. The Kier molecular flexibility index (Phi) is 13.0. The van der Waals surface area contributed by atoms with E-state index in [-0.39, 0.29) is 11.2 Å². The fourth-order valence-corrected chi connectivity index (χ4v) is 4.16. The molecular weight excluding hydrogens is 346 g/mol. The Bertz CT molecular complexity index is 444. The lowest BCUT2D eigenvalue weighted by Crippen LogP contribution is -2.17. The molecule has 0 aliphatic heterocycles. The van der Waals surface area contributed by atoms with E-state index in [1.54, 1.807) is 0 Å². The molecule has 0 aromatic rings. The molecule has 0 rings (SSSR count). The Morgan fingerprint density at radius 2 is 1.15 bits per heavy atom. The topological polar surface area (TPSA) is 69.4 Å². The van der Waals surface area contributed by atoms with E-state index in [9.17, 15) is 8.42 Å². The van der Waals surface area contributed by atoms with Gasteiger partial charge >= 0.3 is 0 Å². The predicted octanol–water partition coefficient (Wildman–Crippen LogP) is 5.65. The van der Waals surface area contributed by atoms with Crippen LogP contribution < -0.4 is 5.14 Å². The molecule has 5 heteroatoms. The van der Waals surface area contributed by atoms with Crippen LogP contribution in [0.3, 0.4) is 0 Å². The monoisotopic (exact) mass is 391 g/mol. The van der Waals surface area contributed by atoms with Crippen molar-refractivity contribution in [2.75, 3.05) is 19.0 Å². The van der Waals surface area contributed by atoms with Crippen molar-refractivity contribution in [2.45, 2.75) is 105 Å². The summed E-state index contributed by atoms with van der Waals surface area (Å²) in [5.74, 6) is 0.104. The van der Waals surface area contributed by atoms with Gasteiger partial charge in [-0.2, -0.15) is 0 Å². The molecule has 26 heavy (non-hydrogen) atoms. The van der Waals surface area contributed by atoms with Gasteiger partial charge in [0.25, 0.3) is 0 Å². The smallest absolute Gasteiger partial charge is 0.209 e. The summed E-state index contributed by atoms with van der Waals surface area (Å²) >= 11 is 0. The highest BCUT2D eigenvalue weighted by molar-refractivity contribution is 7.89. The molecule has 0 saturated heterocycles. The van der Waals surface area contributed by atoms with Gasteiger partial charge < -0.3 is 4.74 Å². The van der Waals surface area contributed by atoms with Crippen LogP contribution in [0.5, 0.6) is 0 Å². The second-order valence-corrected chi connectivity index (χ2v) is 11.2. The van der Waals surface area contributed by atoms with Gasteiger partial charge in [-0.15, -0.1) is 0 Å². The SMILES string of the molecule is CCCC(C)(C)CCCCOCCCCC(C)(C)CCCCS(N)(=O)=O. The van der Waals surface area contributed by atoms with Crippen LogP contribution >= 0.6 is 0 Å². The molecule has 0 aliphatic carbocycles. The van der Waals surface area contributed by atoms with Crippen LogP contribution in [0.25, 0.3) is 0 Å². The molecule has 0 bridgehead atoms. The van der Waals surface area contributed by atoms with Gasteiger partial charge in [-0.05, 0) is 55.8 Å². The molecule has 0 heterocycles. The molecular formula is C21H45NO3S. The van der Waals surface area contributed by atoms with Crippen LogP contribution in [0.15, 0.2) is 0 Å². The first-order valence-electron chi connectivity index (χ1n) is 10.6. The summed E-state index contributed by atoms with van der Waals surface area (Å²) in [6.07, 6.45) is 12.4. The molecule has 0 radical (unpaired) electrons. The van der Waals surface area contributed by atoms with Crippen LogP contribution in [0, 0.1) is 10.8 Å². The molecule has 0 spiro atoms. The normalized spacial score (nSPS) is 13.3. The number of hydrogen-bond acceptors (Lipinski definition) is 3. The number of sulfonamides is 1. The van der Waals surface area contributed by atoms with E-state index in [0.717, 1.165) is 38.9 Å². The van der Waals surface area contributed by atoms with Crippen LogP contribution in [0.4, 0.5) is 0 Å². The Morgan fingerprint density at radius 1 is 0.731 bits per heavy atom. The van der Waals surface area contributed by atoms with Gasteiger partial charge in [-0.1, -0.05) is 60.3 Å². The molecule has 0 fully saturated rings. The summed E-state index contributed by atoms with van der Waals surface area (Å²) in [6, 6.07) is 0. The van der Waals surface area contributed by atoms with Gasteiger partial charge in [0.1, 0.15) is 0 Å². The van der Waals surface area contributed by atoms with Crippen molar-refractivity contribution < 1.29 is 13.2 Å². The quantitative estimate of drug-likeness (QED) is 0.325. The van der Waals surface area contributed by atoms with E-state index in [2.05, 4.69) is 34.6 Å². The highest BCUT2D eigenvalue weighted by Crippen LogP contribution is 2.30. The third kappa shape index (κ3) is 17.3. The number of ether oxygens (including phenoxy) is 1. The lowest BCUT2D eigenvalue weighted by molar-refractivity contribution is 0.119. The lowest BCUT2D eigenvalue weighted by Gasteiger charge is -2.24. The van der Waals surface area contributed by atoms with Crippen molar-refractivity contribution in [2.24, 2.45) is 16.0 Å². The summed E-state index contributed by atoms with van der Waals surface area (Å²) < 4.78 is 27.7. The first-order chi connectivity index (χ1) is 12.0. The Balaban J connectivity index is 3.55. The second-order valence-electron chi connectivity index (χ2n) is 9.43. The van der Waals surface area contributed by atoms with Crippen molar-refractivity contribution in [3.05, 3.63) is 0 Å². The maximum absolute atomic E-state index is 10.9. The molecule has 0 unspecified atom stereocenters.